The Balaban J connectivity index is 2.50. The molecule has 7 heteroatoms. The molecule has 1 amide bonds. The van der Waals surface area contributed by atoms with E-state index in [2.05, 4.69) is 26.2 Å². The van der Waals surface area contributed by atoms with Crippen LogP contribution in [0.3, 0.4) is 0 Å². The highest BCUT2D eigenvalue weighted by Crippen LogP contribution is 2.28. The number of carbonyl (C=O) groups excluding carboxylic acids is 1. The molecule has 5 N–H and O–H groups in total. The minimum Gasteiger partial charge on any atom is -0.370 e. The topological polar surface area (TPSA) is 98.0 Å². The van der Waals surface area contributed by atoms with E-state index in [4.69, 9.17) is 11.1 Å². The molecule has 0 atom stereocenters. The molecule has 0 radical (unpaired) electrons. The third-order valence-corrected chi connectivity index (χ3v) is 3.22. The molecule has 1 aromatic carbocycles. The van der Waals surface area contributed by atoms with Crippen LogP contribution in [0.25, 0.3) is 10.9 Å². The van der Waals surface area contributed by atoms with Crippen molar-refractivity contribution in [3.63, 3.8) is 0 Å². The van der Waals surface area contributed by atoms with Gasteiger partial charge in [0, 0.05) is 29.6 Å². The van der Waals surface area contributed by atoms with Crippen molar-refractivity contribution in [3.05, 3.63) is 28.4 Å². The Bertz CT molecular complexity index is 661. The van der Waals surface area contributed by atoms with Gasteiger partial charge in [0.15, 0.2) is 5.96 Å². The van der Waals surface area contributed by atoms with Crippen LogP contribution in [0.1, 0.15) is 10.5 Å². The Labute approximate surface area is 118 Å². The summed E-state index contributed by atoms with van der Waals surface area (Å²) in [5, 5.41) is 10.8. The lowest BCUT2D eigenvalue weighted by Crippen LogP contribution is -2.21. The lowest BCUT2D eigenvalue weighted by molar-refractivity contribution is 0.0823. The van der Waals surface area contributed by atoms with Crippen molar-refractivity contribution in [1.29, 1.82) is 5.41 Å². The number of rotatable bonds is 2. The van der Waals surface area contributed by atoms with E-state index in [9.17, 15) is 4.79 Å². The highest BCUT2D eigenvalue weighted by molar-refractivity contribution is 9.10. The van der Waals surface area contributed by atoms with Crippen LogP contribution in [0.2, 0.25) is 0 Å². The van der Waals surface area contributed by atoms with Crippen molar-refractivity contribution in [2.75, 3.05) is 19.4 Å². The second kappa shape index (κ2) is 4.93. The molecule has 100 valence electrons. The Hall–Kier alpha value is -2.02. The number of nitrogens with zero attached hydrogens (tertiary/aromatic N) is 1. The lowest BCUT2D eigenvalue weighted by Gasteiger charge is -2.07. The van der Waals surface area contributed by atoms with E-state index in [1.165, 1.54) is 4.90 Å². The van der Waals surface area contributed by atoms with Gasteiger partial charge in [-0.05, 0) is 34.1 Å². The molecule has 19 heavy (non-hydrogen) atoms. The molecule has 0 aliphatic carbocycles. The van der Waals surface area contributed by atoms with Crippen molar-refractivity contribution in [2.24, 2.45) is 5.73 Å². The number of hydrogen-bond acceptors (Lipinski definition) is 2. The quantitative estimate of drug-likeness (QED) is 0.502. The number of halogens is 1. The molecule has 0 aliphatic rings. The molecular weight excluding hydrogens is 310 g/mol. The minimum absolute atomic E-state index is 0.0934. The van der Waals surface area contributed by atoms with Crippen LogP contribution in [-0.2, 0) is 0 Å². The highest BCUT2D eigenvalue weighted by Gasteiger charge is 2.13. The lowest BCUT2D eigenvalue weighted by atomic mass is 10.2. The number of benzene rings is 1. The van der Waals surface area contributed by atoms with Crippen LogP contribution in [0.4, 0.5) is 5.69 Å². The minimum atomic E-state index is -0.133. The Morgan fingerprint density at radius 2 is 2.11 bits per heavy atom. The fraction of sp³-hybridized carbons (Fsp3) is 0.167. The van der Waals surface area contributed by atoms with E-state index in [-0.39, 0.29) is 11.9 Å². The predicted octanol–water partition coefficient (Wildman–Crippen LogP) is 1.94. The largest absolute Gasteiger partial charge is 0.370 e. The number of amides is 1. The van der Waals surface area contributed by atoms with Crippen molar-refractivity contribution in [3.8, 4) is 0 Å². The Morgan fingerprint density at radius 3 is 2.68 bits per heavy atom. The third-order valence-electron chi connectivity index (χ3n) is 2.60. The van der Waals surface area contributed by atoms with Crippen LogP contribution in [0.15, 0.2) is 22.7 Å². The normalized spacial score (nSPS) is 10.5. The molecule has 1 heterocycles. The number of nitrogens with two attached hydrogens (primary N) is 1. The van der Waals surface area contributed by atoms with Gasteiger partial charge in [0.1, 0.15) is 5.69 Å². The summed E-state index contributed by atoms with van der Waals surface area (Å²) in [4.78, 5) is 16.5. The molecule has 2 aromatic rings. The summed E-state index contributed by atoms with van der Waals surface area (Å²) in [6, 6.07) is 5.39. The first-order valence-electron chi connectivity index (χ1n) is 5.53. The number of H-pyrrole nitrogens is 1. The van der Waals surface area contributed by atoms with E-state index in [0.29, 0.717) is 11.4 Å². The van der Waals surface area contributed by atoms with Gasteiger partial charge < -0.3 is 20.9 Å². The Morgan fingerprint density at radius 1 is 1.42 bits per heavy atom. The van der Waals surface area contributed by atoms with Gasteiger partial charge in [0.2, 0.25) is 0 Å². The first-order valence-corrected chi connectivity index (χ1v) is 6.32. The standard InChI is InChI=1S/C12H14BrN5O/c1-18(2)11(19)9-4-6-3-7(16-12(14)15)5-8(13)10(6)17-9/h3-5,17H,1-2H3,(H4,14,15,16). The molecule has 1 aromatic heterocycles. The third kappa shape index (κ3) is 2.70. The number of anilines is 1. The maximum absolute atomic E-state index is 11.9. The molecule has 0 bridgehead atoms. The predicted molar refractivity (Wildman–Crippen MR) is 79.6 cm³/mol. The van der Waals surface area contributed by atoms with Crippen molar-refractivity contribution < 1.29 is 4.79 Å². The van der Waals surface area contributed by atoms with Crippen molar-refractivity contribution >= 4 is 44.4 Å². The summed E-state index contributed by atoms with van der Waals surface area (Å²) >= 11 is 3.43. The number of aromatic nitrogens is 1. The molecule has 0 fully saturated rings. The summed E-state index contributed by atoms with van der Waals surface area (Å²) < 4.78 is 0.798. The second-order valence-corrected chi connectivity index (χ2v) is 5.20. The molecule has 0 spiro atoms. The summed E-state index contributed by atoms with van der Waals surface area (Å²) in [6.07, 6.45) is 0. The van der Waals surface area contributed by atoms with E-state index in [1.54, 1.807) is 26.2 Å². The number of aromatic amines is 1. The first-order chi connectivity index (χ1) is 8.88. The fourth-order valence-electron chi connectivity index (χ4n) is 1.78. The van der Waals surface area contributed by atoms with Crippen LogP contribution in [-0.4, -0.2) is 35.8 Å². The Kier molecular flexibility index (Phi) is 3.48. The van der Waals surface area contributed by atoms with Gasteiger partial charge in [0.25, 0.3) is 5.91 Å². The first kappa shape index (κ1) is 13.4. The molecule has 2 rings (SSSR count). The number of carbonyl (C=O) groups is 1. The van der Waals surface area contributed by atoms with Crippen LogP contribution >= 0.6 is 15.9 Å². The monoisotopic (exact) mass is 323 g/mol. The molecule has 0 unspecified atom stereocenters. The van der Waals surface area contributed by atoms with Gasteiger partial charge >= 0.3 is 0 Å². The average Bonchev–Trinajstić information content (AvgIpc) is 2.71. The van der Waals surface area contributed by atoms with Crippen molar-refractivity contribution in [1.82, 2.24) is 9.88 Å². The van der Waals surface area contributed by atoms with E-state index in [1.807, 2.05) is 6.07 Å². The zero-order valence-corrected chi connectivity index (χ0v) is 12.1. The van der Waals surface area contributed by atoms with Crippen LogP contribution in [0.5, 0.6) is 0 Å². The maximum Gasteiger partial charge on any atom is 0.269 e. The summed E-state index contributed by atoms with van der Waals surface area (Å²) in [7, 11) is 3.40. The maximum atomic E-state index is 11.9. The number of fused-ring (bicyclic) bond motifs is 1. The molecule has 0 saturated carbocycles. The van der Waals surface area contributed by atoms with E-state index >= 15 is 0 Å². The molecule has 0 saturated heterocycles. The second-order valence-electron chi connectivity index (χ2n) is 4.34. The van der Waals surface area contributed by atoms with E-state index in [0.717, 1.165) is 15.4 Å². The number of hydrogen-bond donors (Lipinski definition) is 4. The molecular formula is C12H14BrN5O. The smallest absolute Gasteiger partial charge is 0.269 e. The van der Waals surface area contributed by atoms with Gasteiger partial charge in [-0.2, -0.15) is 0 Å². The number of nitrogens with one attached hydrogen (secondary N) is 3. The molecule has 0 aliphatic heterocycles. The average molecular weight is 324 g/mol. The van der Waals surface area contributed by atoms with Gasteiger partial charge in [-0.25, -0.2) is 0 Å². The SMILES string of the molecule is CN(C)C(=O)c1cc2cc(NC(=N)N)cc(Br)c2[nH]1. The number of guanidine groups is 1. The summed E-state index contributed by atoms with van der Waals surface area (Å²) in [5.74, 6) is -0.226. The van der Waals surface area contributed by atoms with Crippen LogP contribution < -0.4 is 11.1 Å². The summed E-state index contributed by atoms with van der Waals surface area (Å²) in [5.41, 5.74) is 7.34. The van der Waals surface area contributed by atoms with Gasteiger partial charge in [-0.3, -0.25) is 10.2 Å². The van der Waals surface area contributed by atoms with Gasteiger partial charge in [-0.1, -0.05) is 0 Å². The summed E-state index contributed by atoms with van der Waals surface area (Å²) in [6.45, 7) is 0. The fourth-order valence-corrected chi connectivity index (χ4v) is 2.36. The zero-order valence-electron chi connectivity index (χ0n) is 10.5. The van der Waals surface area contributed by atoms with E-state index < -0.39 is 0 Å². The van der Waals surface area contributed by atoms with Gasteiger partial charge in [-0.15, -0.1) is 0 Å². The zero-order chi connectivity index (χ0) is 14.2. The van der Waals surface area contributed by atoms with Gasteiger partial charge in [0.05, 0.1) is 5.52 Å². The van der Waals surface area contributed by atoms with Crippen molar-refractivity contribution in [2.45, 2.75) is 0 Å². The highest BCUT2D eigenvalue weighted by atomic mass is 79.9. The van der Waals surface area contributed by atoms with Crippen LogP contribution in [0, 0.1) is 5.41 Å². The molecule has 6 nitrogen and oxygen atoms in total.